The smallest absolute Gasteiger partial charge is 0.271 e. The maximum atomic E-state index is 11.7. The minimum absolute atomic E-state index is 0.0203. The Morgan fingerprint density at radius 1 is 1.24 bits per heavy atom. The second kappa shape index (κ2) is 6.32. The molecule has 9 heteroatoms. The van der Waals surface area contributed by atoms with Crippen LogP contribution in [0.5, 0.6) is 11.6 Å². The number of carbonyl (C=O) groups is 1. The lowest BCUT2D eigenvalue weighted by Crippen LogP contribution is -2.39. The predicted octanol–water partition coefficient (Wildman–Crippen LogP) is 0.976. The van der Waals surface area contributed by atoms with Crippen LogP contribution in [0.4, 0.5) is 0 Å². The van der Waals surface area contributed by atoms with E-state index in [1.165, 1.54) is 0 Å². The molecule has 3 rings (SSSR count). The van der Waals surface area contributed by atoms with E-state index in [0.29, 0.717) is 25.6 Å². The van der Waals surface area contributed by atoms with E-state index in [0.717, 1.165) is 17.0 Å². The molecular formula is C16H21N5O4. The van der Waals surface area contributed by atoms with Gasteiger partial charge in [-0.25, -0.2) is 4.98 Å². The van der Waals surface area contributed by atoms with E-state index in [1.807, 2.05) is 27.7 Å². The standard InChI is InChI=1S/C16H21N5O4/c1-8-10(9(2)25-21-8)7-18-16(3,4)15-19-11(13(17)22)12-14(20-15)24-6-5-23-12/h18H,5-7H2,1-4H3,(H2,17,22). The third-order valence-electron chi connectivity index (χ3n) is 4.08. The van der Waals surface area contributed by atoms with Crippen molar-refractivity contribution >= 4 is 5.91 Å². The average Bonchev–Trinajstić information content (AvgIpc) is 2.90. The van der Waals surface area contributed by atoms with Crippen LogP contribution < -0.4 is 20.5 Å². The molecule has 3 N–H and O–H groups in total. The minimum Gasteiger partial charge on any atom is -0.483 e. The van der Waals surface area contributed by atoms with E-state index in [9.17, 15) is 4.79 Å². The minimum atomic E-state index is -0.688. The Kier molecular flexibility index (Phi) is 4.34. The Morgan fingerprint density at radius 2 is 1.96 bits per heavy atom. The Morgan fingerprint density at radius 3 is 2.60 bits per heavy atom. The second-order valence-corrected chi connectivity index (χ2v) is 6.37. The van der Waals surface area contributed by atoms with Crippen LogP contribution in [0.25, 0.3) is 0 Å². The van der Waals surface area contributed by atoms with Gasteiger partial charge in [-0.05, 0) is 27.7 Å². The van der Waals surface area contributed by atoms with Crippen LogP contribution in [0, 0.1) is 13.8 Å². The second-order valence-electron chi connectivity index (χ2n) is 6.37. The van der Waals surface area contributed by atoms with Crippen LogP contribution in [-0.4, -0.2) is 34.2 Å². The van der Waals surface area contributed by atoms with Gasteiger partial charge in [0, 0.05) is 12.1 Å². The molecule has 0 saturated heterocycles. The third-order valence-corrected chi connectivity index (χ3v) is 4.08. The van der Waals surface area contributed by atoms with Gasteiger partial charge in [0.15, 0.2) is 11.5 Å². The number of nitrogens with one attached hydrogen (secondary N) is 1. The van der Waals surface area contributed by atoms with Gasteiger partial charge in [0.2, 0.25) is 5.75 Å². The first kappa shape index (κ1) is 17.2. The van der Waals surface area contributed by atoms with Crippen molar-refractivity contribution in [2.24, 2.45) is 5.73 Å². The van der Waals surface area contributed by atoms with Crippen LogP contribution in [0.1, 0.15) is 47.2 Å². The van der Waals surface area contributed by atoms with E-state index >= 15 is 0 Å². The number of hydrogen-bond acceptors (Lipinski definition) is 8. The van der Waals surface area contributed by atoms with Crippen molar-refractivity contribution in [1.29, 1.82) is 0 Å². The summed E-state index contributed by atoms with van der Waals surface area (Å²) in [6, 6.07) is 0. The van der Waals surface area contributed by atoms with E-state index in [4.69, 9.17) is 19.7 Å². The highest BCUT2D eigenvalue weighted by molar-refractivity contribution is 5.94. The SMILES string of the molecule is Cc1noc(C)c1CNC(C)(C)c1nc2c(c(C(N)=O)n1)OCCO2. The van der Waals surface area contributed by atoms with Crippen molar-refractivity contribution in [3.05, 3.63) is 28.5 Å². The molecule has 0 spiro atoms. The van der Waals surface area contributed by atoms with Crippen LogP contribution in [-0.2, 0) is 12.1 Å². The van der Waals surface area contributed by atoms with E-state index in [2.05, 4.69) is 20.4 Å². The maximum absolute atomic E-state index is 11.7. The Labute approximate surface area is 144 Å². The van der Waals surface area contributed by atoms with Gasteiger partial charge in [-0.3, -0.25) is 4.79 Å². The van der Waals surface area contributed by atoms with Gasteiger partial charge >= 0.3 is 0 Å². The first-order valence-electron chi connectivity index (χ1n) is 7.94. The normalized spacial score (nSPS) is 13.8. The number of hydrogen-bond donors (Lipinski definition) is 2. The van der Waals surface area contributed by atoms with Gasteiger partial charge in [-0.2, -0.15) is 4.98 Å². The van der Waals surface area contributed by atoms with Crippen molar-refractivity contribution in [2.75, 3.05) is 13.2 Å². The fourth-order valence-corrected chi connectivity index (χ4v) is 2.53. The highest BCUT2D eigenvalue weighted by atomic mass is 16.6. The van der Waals surface area contributed by atoms with E-state index < -0.39 is 11.4 Å². The summed E-state index contributed by atoms with van der Waals surface area (Å²) in [4.78, 5) is 20.5. The first-order valence-corrected chi connectivity index (χ1v) is 7.94. The summed E-state index contributed by atoms with van der Waals surface area (Å²) in [6.07, 6.45) is 0. The average molecular weight is 347 g/mol. The molecule has 1 amide bonds. The zero-order valence-corrected chi connectivity index (χ0v) is 14.7. The number of nitrogens with two attached hydrogens (primary N) is 1. The molecule has 0 aliphatic carbocycles. The lowest BCUT2D eigenvalue weighted by Gasteiger charge is -2.27. The van der Waals surface area contributed by atoms with Crippen LogP contribution in [0.2, 0.25) is 0 Å². The number of rotatable bonds is 5. The van der Waals surface area contributed by atoms with Gasteiger partial charge in [0.1, 0.15) is 19.0 Å². The predicted molar refractivity (Wildman–Crippen MR) is 87.4 cm³/mol. The number of primary amides is 1. The molecule has 3 heterocycles. The number of aromatic nitrogens is 3. The van der Waals surface area contributed by atoms with E-state index in [1.54, 1.807) is 0 Å². The molecule has 0 atom stereocenters. The van der Waals surface area contributed by atoms with Gasteiger partial charge in [-0.1, -0.05) is 5.16 Å². The summed E-state index contributed by atoms with van der Waals surface area (Å²) >= 11 is 0. The van der Waals surface area contributed by atoms with Crippen LogP contribution >= 0.6 is 0 Å². The largest absolute Gasteiger partial charge is 0.483 e. The summed E-state index contributed by atoms with van der Waals surface area (Å²) in [5, 5.41) is 7.30. The third kappa shape index (κ3) is 3.27. The summed E-state index contributed by atoms with van der Waals surface area (Å²) in [5.41, 5.74) is 6.59. The quantitative estimate of drug-likeness (QED) is 0.820. The van der Waals surface area contributed by atoms with Gasteiger partial charge < -0.3 is 25.0 Å². The zero-order chi connectivity index (χ0) is 18.2. The topological polar surface area (TPSA) is 125 Å². The fraction of sp³-hybridized carbons (Fsp3) is 0.500. The number of ether oxygens (including phenoxy) is 2. The number of carbonyl (C=O) groups excluding carboxylic acids is 1. The number of aryl methyl sites for hydroxylation is 2. The highest BCUT2D eigenvalue weighted by Crippen LogP contribution is 2.33. The van der Waals surface area contributed by atoms with Gasteiger partial charge in [0.25, 0.3) is 11.8 Å². The van der Waals surface area contributed by atoms with Crippen molar-refractivity contribution < 1.29 is 18.8 Å². The summed E-state index contributed by atoms with van der Waals surface area (Å²) in [7, 11) is 0. The number of amides is 1. The molecule has 2 aromatic rings. The molecule has 9 nitrogen and oxygen atoms in total. The van der Waals surface area contributed by atoms with Crippen molar-refractivity contribution in [3.63, 3.8) is 0 Å². The number of nitrogens with zero attached hydrogens (tertiary/aromatic N) is 3. The molecule has 0 saturated carbocycles. The molecule has 0 unspecified atom stereocenters. The summed E-state index contributed by atoms with van der Waals surface area (Å²) < 4.78 is 16.1. The van der Waals surface area contributed by atoms with Crippen molar-refractivity contribution in [3.8, 4) is 11.6 Å². The molecule has 1 aliphatic heterocycles. The molecule has 0 fully saturated rings. The van der Waals surface area contributed by atoms with Crippen molar-refractivity contribution in [2.45, 2.75) is 39.8 Å². The van der Waals surface area contributed by atoms with Crippen LogP contribution in [0.3, 0.4) is 0 Å². The lowest BCUT2D eigenvalue weighted by atomic mass is 10.0. The Bertz CT molecular complexity index is 796. The van der Waals surface area contributed by atoms with E-state index in [-0.39, 0.29) is 17.3 Å². The Balaban J connectivity index is 1.91. The summed E-state index contributed by atoms with van der Waals surface area (Å²) in [6.45, 7) is 8.74. The van der Waals surface area contributed by atoms with Gasteiger partial charge in [-0.15, -0.1) is 0 Å². The molecule has 0 radical (unpaired) electrons. The maximum Gasteiger partial charge on any atom is 0.271 e. The Hall–Kier alpha value is -2.68. The zero-order valence-electron chi connectivity index (χ0n) is 14.7. The number of fused-ring (bicyclic) bond motifs is 1. The monoisotopic (exact) mass is 347 g/mol. The molecular weight excluding hydrogens is 326 g/mol. The molecule has 1 aliphatic rings. The lowest BCUT2D eigenvalue weighted by molar-refractivity contribution is 0.0979. The van der Waals surface area contributed by atoms with Crippen molar-refractivity contribution in [1.82, 2.24) is 20.4 Å². The molecule has 2 aromatic heterocycles. The van der Waals surface area contributed by atoms with Gasteiger partial charge in [0.05, 0.1) is 11.2 Å². The molecule has 0 aromatic carbocycles. The highest BCUT2D eigenvalue weighted by Gasteiger charge is 2.31. The fourth-order valence-electron chi connectivity index (χ4n) is 2.53. The molecule has 134 valence electrons. The molecule has 25 heavy (non-hydrogen) atoms. The summed E-state index contributed by atoms with van der Waals surface area (Å²) in [5.74, 6) is 0.882. The first-order chi connectivity index (χ1) is 11.8. The van der Waals surface area contributed by atoms with Crippen LogP contribution in [0.15, 0.2) is 4.52 Å². The molecule has 0 bridgehead atoms.